The van der Waals surface area contributed by atoms with E-state index in [1.807, 2.05) is 18.2 Å². The third-order valence-electron chi connectivity index (χ3n) is 3.29. The van der Waals surface area contributed by atoms with Gasteiger partial charge in [0.25, 0.3) is 0 Å². The molecule has 1 fully saturated rings. The van der Waals surface area contributed by atoms with Crippen LogP contribution in [0.5, 0.6) is 0 Å². The molecule has 0 bridgehead atoms. The highest BCUT2D eigenvalue weighted by atomic mass is 16.3. The number of nitrogens with zero attached hydrogens (tertiary/aromatic N) is 2. The molecule has 0 unspecified atom stereocenters. The number of aliphatic hydroxyl groups is 1. The number of para-hydroxylation sites is 1. The van der Waals surface area contributed by atoms with Crippen LogP contribution in [0.25, 0.3) is 10.9 Å². The highest BCUT2D eigenvalue weighted by molar-refractivity contribution is 5.78. The Morgan fingerprint density at radius 2 is 2.12 bits per heavy atom. The molecule has 88 valence electrons. The van der Waals surface area contributed by atoms with Crippen molar-refractivity contribution in [2.24, 2.45) is 0 Å². The Balaban J connectivity index is 1.81. The summed E-state index contributed by atoms with van der Waals surface area (Å²) < 4.78 is 0. The fraction of sp³-hybridized carbons (Fsp3) is 0.357. The lowest BCUT2D eigenvalue weighted by Gasteiger charge is -2.14. The van der Waals surface area contributed by atoms with E-state index >= 15 is 0 Å². The van der Waals surface area contributed by atoms with Crippen LogP contribution in [0.15, 0.2) is 36.4 Å². The molecule has 0 spiro atoms. The number of pyridine rings is 1. The number of hydrogen-bond acceptors (Lipinski definition) is 3. The molecule has 1 aromatic carbocycles. The van der Waals surface area contributed by atoms with Crippen LogP contribution in [-0.2, 0) is 6.54 Å². The average molecular weight is 228 g/mol. The van der Waals surface area contributed by atoms with E-state index in [-0.39, 0.29) is 6.10 Å². The first kappa shape index (κ1) is 10.7. The Morgan fingerprint density at radius 1 is 1.24 bits per heavy atom. The molecule has 0 aliphatic carbocycles. The molecule has 1 aliphatic heterocycles. The first-order valence-corrected chi connectivity index (χ1v) is 6.06. The molecule has 1 N–H and O–H groups in total. The quantitative estimate of drug-likeness (QED) is 0.851. The number of fused-ring (bicyclic) bond motifs is 1. The Labute approximate surface area is 101 Å². The van der Waals surface area contributed by atoms with Crippen LogP contribution in [0.1, 0.15) is 12.1 Å². The van der Waals surface area contributed by atoms with Gasteiger partial charge in [-0.3, -0.25) is 9.88 Å². The highest BCUT2D eigenvalue weighted by Crippen LogP contribution is 2.15. The minimum absolute atomic E-state index is 0.157. The van der Waals surface area contributed by atoms with Gasteiger partial charge < -0.3 is 5.11 Å². The number of aliphatic hydroxyl groups excluding tert-OH is 1. The van der Waals surface area contributed by atoms with Crippen molar-refractivity contribution < 1.29 is 5.11 Å². The van der Waals surface area contributed by atoms with Gasteiger partial charge >= 0.3 is 0 Å². The van der Waals surface area contributed by atoms with Gasteiger partial charge in [0.15, 0.2) is 0 Å². The normalized spacial score (nSPS) is 21.1. The topological polar surface area (TPSA) is 36.4 Å². The molecule has 0 saturated carbocycles. The molecular weight excluding hydrogens is 212 g/mol. The van der Waals surface area contributed by atoms with Crippen molar-refractivity contribution in [2.75, 3.05) is 13.1 Å². The van der Waals surface area contributed by atoms with Crippen LogP contribution in [0.2, 0.25) is 0 Å². The van der Waals surface area contributed by atoms with E-state index < -0.39 is 0 Å². The summed E-state index contributed by atoms with van der Waals surface area (Å²) in [6.07, 6.45) is 0.726. The molecule has 2 aromatic rings. The summed E-state index contributed by atoms with van der Waals surface area (Å²) in [6.45, 7) is 2.58. The molecule has 1 aliphatic rings. The molecule has 3 nitrogen and oxygen atoms in total. The van der Waals surface area contributed by atoms with Gasteiger partial charge in [0.1, 0.15) is 0 Å². The van der Waals surface area contributed by atoms with Gasteiger partial charge in [0.2, 0.25) is 0 Å². The summed E-state index contributed by atoms with van der Waals surface area (Å²) in [5, 5.41) is 10.7. The minimum atomic E-state index is -0.157. The molecule has 0 amide bonds. The van der Waals surface area contributed by atoms with Gasteiger partial charge in [-0.15, -0.1) is 0 Å². The predicted molar refractivity (Wildman–Crippen MR) is 67.6 cm³/mol. The lowest BCUT2D eigenvalue weighted by atomic mass is 10.2. The molecule has 2 heterocycles. The van der Waals surface area contributed by atoms with Gasteiger partial charge in [-0.1, -0.05) is 24.3 Å². The van der Waals surface area contributed by atoms with Gasteiger partial charge in [0, 0.05) is 25.0 Å². The van der Waals surface area contributed by atoms with E-state index in [1.165, 1.54) is 5.39 Å². The molecule has 3 heteroatoms. The fourth-order valence-electron chi connectivity index (χ4n) is 2.38. The van der Waals surface area contributed by atoms with Gasteiger partial charge in [-0.2, -0.15) is 0 Å². The third-order valence-corrected chi connectivity index (χ3v) is 3.29. The summed E-state index contributed by atoms with van der Waals surface area (Å²) >= 11 is 0. The minimum Gasteiger partial charge on any atom is -0.392 e. The summed E-state index contributed by atoms with van der Waals surface area (Å²) in [4.78, 5) is 6.89. The van der Waals surface area contributed by atoms with Crippen LogP contribution in [0.3, 0.4) is 0 Å². The Kier molecular flexibility index (Phi) is 2.79. The SMILES string of the molecule is O[C@@H]1CCN(Cc2ccc3ccccc3n2)C1. The van der Waals surface area contributed by atoms with E-state index in [2.05, 4.69) is 28.1 Å². The molecule has 1 saturated heterocycles. The summed E-state index contributed by atoms with van der Waals surface area (Å²) in [5.74, 6) is 0. The number of rotatable bonds is 2. The third kappa shape index (κ3) is 2.30. The maximum Gasteiger partial charge on any atom is 0.0705 e. The average Bonchev–Trinajstić information content (AvgIpc) is 2.75. The first-order chi connectivity index (χ1) is 8.31. The Morgan fingerprint density at radius 3 is 2.94 bits per heavy atom. The van der Waals surface area contributed by atoms with Crippen molar-refractivity contribution in [3.05, 3.63) is 42.1 Å². The lowest BCUT2D eigenvalue weighted by molar-refractivity contribution is 0.174. The van der Waals surface area contributed by atoms with Gasteiger partial charge in [-0.25, -0.2) is 0 Å². The van der Waals surface area contributed by atoms with Crippen molar-refractivity contribution in [1.82, 2.24) is 9.88 Å². The monoisotopic (exact) mass is 228 g/mol. The standard InChI is InChI=1S/C14H16N2O/c17-13-7-8-16(10-13)9-12-6-5-11-3-1-2-4-14(11)15-12/h1-6,13,17H,7-10H2/t13-/m1/s1. The number of aromatic nitrogens is 1. The van der Waals surface area contributed by atoms with Crippen LogP contribution in [0, 0.1) is 0 Å². The van der Waals surface area contributed by atoms with E-state index in [9.17, 15) is 5.11 Å². The zero-order chi connectivity index (χ0) is 11.7. The molecule has 0 radical (unpaired) electrons. The van der Waals surface area contributed by atoms with Crippen molar-refractivity contribution >= 4 is 10.9 Å². The van der Waals surface area contributed by atoms with Crippen LogP contribution in [0.4, 0.5) is 0 Å². The summed E-state index contributed by atoms with van der Waals surface area (Å²) in [7, 11) is 0. The molecule has 1 atom stereocenters. The highest BCUT2D eigenvalue weighted by Gasteiger charge is 2.20. The van der Waals surface area contributed by atoms with Crippen LogP contribution < -0.4 is 0 Å². The lowest BCUT2D eigenvalue weighted by Crippen LogP contribution is -2.21. The van der Waals surface area contributed by atoms with Gasteiger partial charge in [-0.05, 0) is 18.6 Å². The maximum atomic E-state index is 9.49. The number of benzene rings is 1. The smallest absolute Gasteiger partial charge is 0.0705 e. The number of hydrogen-bond donors (Lipinski definition) is 1. The Bertz CT molecular complexity index is 526. The molecule has 3 rings (SSSR count). The van der Waals surface area contributed by atoms with Crippen molar-refractivity contribution in [1.29, 1.82) is 0 Å². The van der Waals surface area contributed by atoms with E-state index in [1.54, 1.807) is 0 Å². The van der Waals surface area contributed by atoms with E-state index in [0.717, 1.165) is 37.3 Å². The second-order valence-electron chi connectivity index (χ2n) is 4.67. The summed E-state index contributed by atoms with van der Waals surface area (Å²) in [5.41, 5.74) is 2.13. The maximum absolute atomic E-state index is 9.49. The zero-order valence-corrected chi connectivity index (χ0v) is 9.71. The molecule has 17 heavy (non-hydrogen) atoms. The molecule has 1 aromatic heterocycles. The van der Waals surface area contributed by atoms with Crippen LogP contribution >= 0.6 is 0 Å². The summed E-state index contributed by atoms with van der Waals surface area (Å²) in [6, 6.07) is 12.3. The second-order valence-corrected chi connectivity index (χ2v) is 4.67. The largest absolute Gasteiger partial charge is 0.392 e. The van der Waals surface area contributed by atoms with Crippen molar-refractivity contribution in [2.45, 2.75) is 19.1 Å². The predicted octanol–water partition coefficient (Wildman–Crippen LogP) is 1.80. The number of β-amino-alcohol motifs (C(OH)–C–C–N with tert-alkyl or cyclic N) is 1. The van der Waals surface area contributed by atoms with Crippen molar-refractivity contribution in [3.63, 3.8) is 0 Å². The van der Waals surface area contributed by atoms with E-state index in [0.29, 0.717) is 0 Å². The van der Waals surface area contributed by atoms with Gasteiger partial charge in [0.05, 0.1) is 17.3 Å². The second kappa shape index (κ2) is 4.43. The van der Waals surface area contributed by atoms with Crippen molar-refractivity contribution in [3.8, 4) is 0 Å². The Hall–Kier alpha value is -1.45. The first-order valence-electron chi connectivity index (χ1n) is 6.06. The fourth-order valence-corrected chi connectivity index (χ4v) is 2.38. The zero-order valence-electron chi connectivity index (χ0n) is 9.71. The van der Waals surface area contributed by atoms with E-state index in [4.69, 9.17) is 0 Å². The molecular formula is C14H16N2O. The number of likely N-dealkylation sites (tertiary alicyclic amines) is 1. The van der Waals surface area contributed by atoms with Crippen LogP contribution in [-0.4, -0.2) is 34.2 Å².